The van der Waals surface area contributed by atoms with Crippen LogP contribution in [0.1, 0.15) is 38.5 Å². The molecule has 0 atom stereocenters. The molecule has 0 radical (unpaired) electrons. The van der Waals surface area contributed by atoms with Gasteiger partial charge >= 0.3 is 7.05 Å². The highest BCUT2D eigenvalue weighted by Crippen LogP contribution is 2.38. The van der Waals surface area contributed by atoms with Crippen molar-refractivity contribution in [2.45, 2.75) is 45.3 Å². The highest BCUT2D eigenvalue weighted by molar-refractivity contribution is 6.45. The lowest BCUT2D eigenvalue weighted by Crippen LogP contribution is -2.44. The Balaban J connectivity index is 2.59. The third-order valence-corrected chi connectivity index (χ3v) is 3.37. The van der Waals surface area contributed by atoms with E-state index in [2.05, 4.69) is 10.4 Å². The third kappa shape index (κ3) is 4.02. The van der Waals surface area contributed by atoms with Crippen molar-refractivity contribution in [3.05, 3.63) is 0 Å². The Hall–Kier alpha value is -0.745. The topological polar surface area (TPSA) is 90.9 Å². The summed E-state index contributed by atoms with van der Waals surface area (Å²) in [4.78, 5) is 0. The summed E-state index contributed by atoms with van der Waals surface area (Å²) in [7, 11) is -0.508. The van der Waals surface area contributed by atoms with Crippen molar-refractivity contribution in [1.29, 1.82) is 0 Å². The van der Waals surface area contributed by atoms with Gasteiger partial charge in [0.25, 0.3) is 0 Å². The van der Waals surface area contributed by atoms with Crippen LogP contribution in [-0.4, -0.2) is 29.7 Å². The molecule has 1 aliphatic rings. The Labute approximate surface area is 97.2 Å². The maximum Gasteiger partial charge on any atom is 0.373 e. The van der Waals surface area contributed by atoms with E-state index in [1.807, 2.05) is 0 Å². The van der Waals surface area contributed by atoms with E-state index in [1.165, 1.54) is 19.3 Å². The first kappa shape index (κ1) is 13.3. The number of amidine groups is 1. The van der Waals surface area contributed by atoms with Crippen molar-refractivity contribution in [1.82, 2.24) is 5.23 Å². The summed E-state index contributed by atoms with van der Waals surface area (Å²) in [6.07, 6.45) is 6.36. The molecule has 1 rings (SSSR count). The van der Waals surface area contributed by atoms with Gasteiger partial charge in [0.15, 0.2) is 0 Å². The summed E-state index contributed by atoms with van der Waals surface area (Å²) in [5, 5.41) is 24.0. The minimum atomic E-state index is -0.508. The molecule has 1 aliphatic carbocycles. The number of hydrogen-bond acceptors (Lipinski definition) is 4. The molecular weight excluding hydrogens is 205 g/mol. The molecule has 0 aliphatic heterocycles. The molecule has 0 saturated heterocycles. The second-order valence-electron chi connectivity index (χ2n) is 4.89. The predicted octanol–water partition coefficient (Wildman–Crippen LogP) is 0.773. The minimum absolute atomic E-state index is 0.0472. The van der Waals surface area contributed by atoms with Gasteiger partial charge in [0.2, 0.25) is 0 Å². The van der Waals surface area contributed by atoms with E-state index in [1.54, 1.807) is 6.82 Å². The summed E-state index contributed by atoms with van der Waals surface area (Å²) < 4.78 is 0. The average Bonchev–Trinajstić information content (AvgIpc) is 2.28. The minimum Gasteiger partial charge on any atom is -0.437 e. The summed E-state index contributed by atoms with van der Waals surface area (Å²) in [6, 6.07) is 0. The lowest BCUT2D eigenvalue weighted by molar-refractivity contribution is 0.196. The second-order valence-corrected chi connectivity index (χ2v) is 4.89. The molecule has 0 amide bonds. The van der Waals surface area contributed by atoms with Crippen LogP contribution >= 0.6 is 0 Å². The second kappa shape index (κ2) is 6.10. The van der Waals surface area contributed by atoms with Crippen molar-refractivity contribution >= 4 is 12.9 Å². The van der Waals surface area contributed by atoms with Crippen LogP contribution in [0, 0.1) is 5.41 Å². The lowest BCUT2D eigenvalue weighted by Gasteiger charge is -2.37. The number of nitrogens with two attached hydrogens (primary N) is 1. The van der Waals surface area contributed by atoms with Gasteiger partial charge in [-0.25, -0.2) is 0 Å². The summed E-state index contributed by atoms with van der Waals surface area (Å²) >= 11 is 0. The molecule has 0 aromatic heterocycles. The third-order valence-electron chi connectivity index (χ3n) is 3.37. The van der Waals surface area contributed by atoms with Gasteiger partial charge in [0.1, 0.15) is 5.84 Å². The fourth-order valence-corrected chi connectivity index (χ4v) is 2.50. The molecular formula is C10H22BN3O2. The fourth-order valence-electron chi connectivity index (χ4n) is 2.50. The van der Waals surface area contributed by atoms with Crippen LogP contribution in [0.2, 0.25) is 6.82 Å². The van der Waals surface area contributed by atoms with E-state index in [0.29, 0.717) is 6.42 Å². The molecule has 16 heavy (non-hydrogen) atoms. The fraction of sp³-hybridized carbons (Fsp3) is 0.900. The van der Waals surface area contributed by atoms with Crippen molar-refractivity contribution in [2.75, 3.05) is 6.54 Å². The van der Waals surface area contributed by atoms with E-state index in [9.17, 15) is 5.02 Å². The van der Waals surface area contributed by atoms with Gasteiger partial charge < -0.3 is 21.2 Å². The van der Waals surface area contributed by atoms with E-state index in [-0.39, 0.29) is 11.3 Å². The molecule has 5 nitrogen and oxygen atoms in total. The Kier molecular flexibility index (Phi) is 5.08. The molecule has 0 aromatic rings. The zero-order valence-electron chi connectivity index (χ0n) is 9.95. The molecule has 0 bridgehead atoms. The van der Waals surface area contributed by atoms with Crippen LogP contribution in [0.4, 0.5) is 0 Å². The van der Waals surface area contributed by atoms with Crippen LogP contribution < -0.4 is 11.0 Å². The molecule has 0 spiro atoms. The van der Waals surface area contributed by atoms with Crippen LogP contribution in [0.5, 0.6) is 0 Å². The quantitative estimate of drug-likeness (QED) is 0.183. The van der Waals surface area contributed by atoms with Crippen LogP contribution in [0.25, 0.3) is 0 Å². The van der Waals surface area contributed by atoms with E-state index in [0.717, 1.165) is 19.4 Å². The first-order chi connectivity index (χ1) is 7.58. The largest absolute Gasteiger partial charge is 0.437 e. The molecule has 6 heteroatoms. The Morgan fingerprint density at radius 3 is 2.56 bits per heavy atom. The van der Waals surface area contributed by atoms with Gasteiger partial charge in [-0.1, -0.05) is 24.4 Å². The number of rotatable bonds is 5. The maximum atomic E-state index is 9.27. The standard InChI is InChI=1S/C10H22BN3O2/c1-11(15)13-8-10(7-9(12)14-16)5-3-2-4-6-10/h13,15-16H,2-8H2,1H3,(H2,12,14). The van der Waals surface area contributed by atoms with E-state index >= 15 is 0 Å². The van der Waals surface area contributed by atoms with Crippen molar-refractivity contribution in [3.63, 3.8) is 0 Å². The van der Waals surface area contributed by atoms with Gasteiger partial charge in [-0.15, -0.1) is 0 Å². The highest BCUT2D eigenvalue weighted by Gasteiger charge is 2.33. The number of nitrogens with one attached hydrogen (secondary N) is 1. The van der Waals surface area contributed by atoms with Gasteiger partial charge in [-0.2, -0.15) is 0 Å². The highest BCUT2D eigenvalue weighted by atomic mass is 16.4. The first-order valence-corrected chi connectivity index (χ1v) is 5.96. The number of hydrogen-bond donors (Lipinski definition) is 4. The van der Waals surface area contributed by atoms with Crippen molar-refractivity contribution in [3.8, 4) is 0 Å². The Morgan fingerprint density at radius 1 is 1.44 bits per heavy atom. The SMILES string of the molecule is CB(O)NCC1(CC(N)=NO)CCCCC1. The van der Waals surface area contributed by atoms with Gasteiger partial charge in [0, 0.05) is 6.42 Å². The lowest BCUT2D eigenvalue weighted by atomic mass is 9.70. The molecule has 0 unspecified atom stereocenters. The van der Waals surface area contributed by atoms with E-state index < -0.39 is 7.05 Å². The normalized spacial score (nSPS) is 20.8. The maximum absolute atomic E-state index is 9.27. The van der Waals surface area contributed by atoms with Gasteiger partial charge in [-0.05, 0) is 31.6 Å². The zero-order chi connectivity index (χ0) is 12.0. The van der Waals surface area contributed by atoms with Gasteiger partial charge in [0.05, 0.1) is 0 Å². The van der Waals surface area contributed by atoms with Crippen LogP contribution in [0.3, 0.4) is 0 Å². The van der Waals surface area contributed by atoms with Gasteiger partial charge in [-0.3, -0.25) is 0 Å². The predicted molar refractivity (Wildman–Crippen MR) is 65.4 cm³/mol. The van der Waals surface area contributed by atoms with Crippen LogP contribution in [-0.2, 0) is 0 Å². The van der Waals surface area contributed by atoms with Crippen LogP contribution in [0.15, 0.2) is 5.16 Å². The first-order valence-electron chi connectivity index (χ1n) is 5.96. The molecule has 1 fully saturated rings. The Morgan fingerprint density at radius 2 is 2.06 bits per heavy atom. The molecule has 92 valence electrons. The number of oxime groups is 1. The molecule has 0 aromatic carbocycles. The van der Waals surface area contributed by atoms with Crippen molar-refractivity contribution < 1.29 is 10.2 Å². The smallest absolute Gasteiger partial charge is 0.373 e. The summed E-state index contributed by atoms with van der Waals surface area (Å²) in [5.41, 5.74) is 5.65. The zero-order valence-corrected chi connectivity index (χ0v) is 9.95. The molecule has 0 heterocycles. The van der Waals surface area contributed by atoms with Crippen molar-refractivity contribution in [2.24, 2.45) is 16.3 Å². The monoisotopic (exact) mass is 227 g/mol. The Bertz CT molecular complexity index is 240. The average molecular weight is 227 g/mol. The molecule has 1 saturated carbocycles. The van der Waals surface area contributed by atoms with E-state index in [4.69, 9.17) is 10.9 Å². The summed E-state index contributed by atoms with van der Waals surface area (Å²) in [5.74, 6) is 0.286. The summed E-state index contributed by atoms with van der Waals surface area (Å²) in [6.45, 7) is 2.43. The molecule has 5 N–H and O–H groups in total. The number of nitrogens with zero attached hydrogens (tertiary/aromatic N) is 1.